The van der Waals surface area contributed by atoms with E-state index >= 15 is 0 Å². The van der Waals surface area contributed by atoms with Crippen molar-refractivity contribution < 1.29 is 4.74 Å². The maximum atomic E-state index is 6.97. The van der Waals surface area contributed by atoms with Crippen molar-refractivity contribution >= 4 is 0 Å². The Bertz CT molecular complexity index is 1750. The predicted molar refractivity (Wildman–Crippen MR) is 198 cm³/mol. The van der Waals surface area contributed by atoms with E-state index in [-0.39, 0.29) is 0 Å². The van der Waals surface area contributed by atoms with E-state index in [9.17, 15) is 0 Å². The van der Waals surface area contributed by atoms with E-state index in [4.69, 9.17) is 4.74 Å². The molecule has 0 heterocycles. The van der Waals surface area contributed by atoms with Gasteiger partial charge < -0.3 is 4.74 Å². The fraction of sp³-hybridized carbons (Fsp3) is 0.217. The van der Waals surface area contributed by atoms with Gasteiger partial charge in [-0.3, -0.25) is 0 Å². The van der Waals surface area contributed by atoms with Crippen LogP contribution in [0.25, 0.3) is 0 Å². The lowest BCUT2D eigenvalue weighted by atomic mass is 9.93. The molecule has 6 aromatic rings. The molecule has 0 aromatic heterocycles. The topological polar surface area (TPSA) is 9.23 Å². The Morgan fingerprint density at radius 2 is 0.723 bits per heavy atom. The van der Waals surface area contributed by atoms with Crippen LogP contribution in [0.1, 0.15) is 57.0 Å². The fourth-order valence-electron chi connectivity index (χ4n) is 6.55. The molecule has 0 saturated heterocycles. The molecule has 1 nitrogen and oxygen atoms in total. The lowest BCUT2D eigenvalue weighted by molar-refractivity contribution is 0.473. The summed E-state index contributed by atoms with van der Waals surface area (Å²) >= 11 is 0. The molecule has 0 fully saturated rings. The van der Waals surface area contributed by atoms with Crippen LogP contribution < -0.4 is 4.74 Å². The zero-order valence-electron chi connectivity index (χ0n) is 27.7. The van der Waals surface area contributed by atoms with Gasteiger partial charge in [-0.1, -0.05) is 140 Å². The summed E-state index contributed by atoms with van der Waals surface area (Å²) in [7, 11) is 0. The van der Waals surface area contributed by atoms with Gasteiger partial charge in [-0.2, -0.15) is 0 Å². The molecular weight excluding hydrogens is 569 g/mol. The summed E-state index contributed by atoms with van der Waals surface area (Å²) in [5.41, 5.74) is 12.2. The molecule has 236 valence electrons. The average Bonchev–Trinajstić information content (AvgIpc) is 3.13. The number of hydrogen-bond donors (Lipinski definition) is 0. The van der Waals surface area contributed by atoms with E-state index in [1.54, 1.807) is 0 Å². The highest BCUT2D eigenvalue weighted by Gasteiger charge is 2.14. The number of ether oxygens (including phenoxy) is 1. The Balaban J connectivity index is 1.30. The quantitative estimate of drug-likeness (QED) is 0.112. The van der Waals surface area contributed by atoms with Crippen LogP contribution in [-0.4, -0.2) is 0 Å². The van der Waals surface area contributed by atoms with Gasteiger partial charge in [0.1, 0.15) is 11.5 Å². The summed E-state index contributed by atoms with van der Waals surface area (Å²) in [5.74, 6) is 1.96. The third kappa shape index (κ3) is 9.56. The SMILES string of the molecule is CCc1c(CCc2ccccc2)cc(CCc2ccccc2)cc1Oc1cc(CCc2ccccc2)cc(CCc2ccccc2)c1. The highest BCUT2D eigenvalue weighted by atomic mass is 16.5. The normalized spacial score (nSPS) is 11.0. The maximum absolute atomic E-state index is 6.97. The van der Waals surface area contributed by atoms with Crippen LogP contribution in [0.15, 0.2) is 152 Å². The largest absolute Gasteiger partial charge is 0.457 e. The molecule has 1 heteroatoms. The van der Waals surface area contributed by atoms with E-state index in [1.807, 2.05) is 0 Å². The molecule has 0 atom stereocenters. The number of rotatable bonds is 15. The first-order valence-electron chi connectivity index (χ1n) is 17.3. The van der Waals surface area contributed by atoms with Gasteiger partial charge in [0, 0.05) is 0 Å². The lowest BCUT2D eigenvalue weighted by Gasteiger charge is -2.19. The molecule has 6 rings (SSSR count). The summed E-state index contributed by atoms with van der Waals surface area (Å²) in [5, 5.41) is 0. The van der Waals surface area contributed by atoms with E-state index in [0.717, 1.165) is 69.3 Å². The molecule has 0 aliphatic rings. The van der Waals surface area contributed by atoms with Gasteiger partial charge in [0.15, 0.2) is 0 Å². The van der Waals surface area contributed by atoms with Crippen LogP contribution in [0.2, 0.25) is 0 Å². The van der Waals surface area contributed by atoms with E-state index in [0.29, 0.717) is 0 Å². The van der Waals surface area contributed by atoms with Crippen molar-refractivity contribution in [2.45, 2.75) is 64.7 Å². The smallest absolute Gasteiger partial charge is 0.131 e. The van der Waals surface area contributed by atoms with Gasteiger partial charge in [-0.25, -0.2) is 0 Å². The van der Waals surface area contributed by atoms with Gasteiger partial charge in [-0.05, 0) is 126 Å². The van der Waals surface area contributed by atoms with Gasteiger partial charge in [0.05, 0.1) is 0 Å². The summed E-state index contributed by atoms with van der Waals surface area (Å²) in [6, 6.07) is 55.0. The van der Waals surface area contributed by atoms with Crippen molar-refractivity contribution in [2.24, 2.45) is 0 Å². The van der Waals surface area contributed by atoms with Crippen LogP contribution in [-0.2, 0) is 57.8 Å². The zero-order chi connectivity index (χ0) is 32.1. The number of hydrogen-bond acceptors (Lipinski definition) is 1. The molecule has 0 spiro atoms. The van der Waals surface area contributed by atoms with E-state index in [2.05, 4.69) is 159 Å². The Hall–Kier alpha value is -4.88. The Kier molecular flexibility index (Phi) is 11.3. The van der Waals surface area contributed by atoms with Gasteiger partial charge in [0.25, 0.3) is 0 Å². The first-order valence-corrected chi connectivity index (χ1v) is 17.3. The van der Waals surface area contributed by atoms with Gasteiger partial charge >= 0.3 is 0 Å². The number of benzene rings is 6. The minimum absolute atomic E-state index is 0.937. The van der Waals surface area contributed by atoms with Gasteiger partial charge in [-0.15, -0.1) is 0 Å². The molecule has 0 aliphatic heterocycles. The maximum Gasteiger partial charge on any atom is 0.131 e. The van der Waals surface area contributed by atoms with Crippen molar-refractivity contribution in [3.63, 3.8) is 0 Å². The Morgan fingerprint density at radius 3 is 1.13 bits per heavy atom. The summed E-state index contributed by atoms with van der Waals surface area (Å²) < 4.78 is 6.97. The molecule has 0 bridgehead atoms. The van der Waals surface area contributed by atoms with Gasteiger partial charge in [0.2, 0.25) is 0 Å². The third-order valence-electron chi connectivity index (χ3n) is 9.13. The highest BCUT2D eigenvalue weighted by molar-refractivity contribution is 5.48. The molecule has 0 saturated carbocycles. The van der Waals surface area contributed by atoms with Crippen molar-refractivity contribution in [1.29, 1.82) is 0 Å². The molecule has 6 aromatic carbocycles. The molecule has 0 N–H and O–H groups in total. The minimum atomic E-state index is 0.937. The van der Waals surface area contributed by atoms with Crippen LogP contribution >= 0.6 is 0 Å². The second-order valence-electron chi connectivity index (χ2n) is 12.6. The second-order valence-corrected chi connectivity index (χ2v) is 12.6. The van der Waals surface area contributed by atoms with Crippen LogP contribution in [0, 0.1) is 0 Å². The first kappa shape index (κ1) is 32.1. The summed E-state index contributed by atoms with van der Waals surface area (Å²) in [6.45, 7) is 2.26. The second kappa shape index (κ2) is 16.6. The monoisotopic (exact) mass is 614 g/mol. The average molecular weight is 615 g/mol. The number of aryl methyl sites for hydroxylation is 8. The molecular formula is C46H46O. The van der Waals surface area contributed by atoms with Crippen molar-refractivity contribution in [3.8, 4) is 11.5 Å². The fourth-order valence-corrected chi connectivity index (χ4v) is 6.55. The lowest BCUT2D eigenvalue weighted by Crippen LogP contribution is -2.03. The summed E-state index contributed by atoms with van der Waals surface area (Å²) in [6.07, 6.45) is 8.97. The molecule has 0 aliphatic carbocycles. The van der Waals surface area contributed by atoms with Crippen LogP contribution in [0.3, 0.4) is 0 Å². The minimum Gasteiger partial charge on any atom is -0.457 e. The third-order valence-corrected chi connectivity index (χ3v) is 9.13. The standard InChI is InChI=1S/C46H46O/c1-2-45-43(30-29-39-21-13-6-14-22-39)32-42(28-25-38-19-11-5-12-20-38)35-46(45)47-44-33-40(26-23-36-15-7-3-8-16-36)31-41(34-44)27-24-37-17-9-4-10-18-37/h3-22,31-35H,2,23-30H2,1H3. The predicted octanol–water partition coefficient (Wildman–Crippen LogP) is 11.2. The van der Waals surface area contributed by atoms with Crippen molar-refractivity contribution in [1.82, 2.24) is 0 Å². The van der Waals surface area contributed by atoms with Crippen molar-refractivity contribution in [2.75, 3.05) is 0 Å². The van der Waals surface area contributed by atoms with E-state index in [1.165, 1.54) is 50.1 Å². The van der Waals surface area contributed by atoms with Crippen molar-refractivity contribution in [3.05, 3.63) is 202 Å². The molecule has 0 amide bonds. The summed E-state index contributed by atoms with van der Waals surface area (Å²) in [4.78, 5) is 0. The highest BCUT2D eigenvalue weighted by Crippen LogP contribution is 2.33. The first-order chi connectivity index (χ1) is 23.2. The Labute approximate surface area is 281 Å². The zero-order valence-corrected chi connectivity index (χ0v) is 27.7. The van der Waals surface area contributed by atoms with E-state index < -0.39 is 0 Å². The molecule has 0 radical (unpaired) electrons. The molecule has 47 heavy (non-hydrogen) atoms. The Morgan fingerprint density at radius 1 is 0.362 bits per heavy atom. The van der Waals surface area contributed by atoms with Crippen LogP contribution in [0.5, 0.6) is 11.5 Å². The van der Waals surface area contributed by atoms with Crippen LogP contribution in [0.4, 0.5) is 0 Å². The molecule has 0 unspecified atom stereocenters.